The Kier molecular flexibility index (Phi) is 5.61. The molecule has 31 heavy (non-hydrogen) atoms. The number of nitrogens with zero attached hydrogens (tertiary/aromatic N) is 1. The molecule has 4 nitrogen and oxygen atoms in total. The first-order valence-corrected chi connectivity index (χ1v) is 11.0. The van der Waals surface area contributed by atoms with Crippen molar-refractivity contribution < 1.29 is 13.9 Å². The van der Waals surface area contributed by atoms with Crippen LogP contribution in [0.1, 0.15) is 48.6 Å². The van der Waals surface area contributed by atoms with Crippen molar-refractivity contribution in [2.75, 3.05) is 7.11 Å². The molecular formula is C27H27NO3. The molecule has 5 rings (SSSR count). The smallest absolute Gasteiger partial charge is 0.196 e. The summed E-state index contributed by atoms with van der Waals surface area (Å²) < 4.78 is 18.0. The van der Waals surface area contributed by atoms with Gasteiger partial charge in [0.25, 0.3) is 0 Å². The molecule has 1 aliphatic rings. The van der Waals surface area contributed by atoms with Crippen molar-refractivity contribution >= 4 is 11.1 Å². The molecule has 3 aromatic carbocycles. The van der Waals surface area contributed by atoms with Gasteiger partial charge in [0.2, 0.25) is 0 Å². The Labute approximate surface area is 182 Å². The first-order chi connectivity index (χ1) is 15.3. The summed E-state index contributed by atoms with van der Waals surface area (Å²) in [4.78, 5) is 4.72. The van der Waals surface area contributed by atoms with Gasteiger partial charge in [0, 0.05) is 12.3 Å². The standard InChI is InChI=1S/C27H27NO3/c1-29-25-16-15-20(17-26(25)30-21-11-5-6-12-21)22(19-9-3-2-4-10-19)18-27-28-23-13-7-8-14-24(23)31-27/h2-4,7-10,13-17,21-22H,5-6,11-12,18H2,1H3. The number of oxazole rings is 1. The second-order valence-corrected chi connectivity index (χ2v) is 8.18. The van der Waals surface area contributed by atoms with Gasteiger partial charge in [0.05, 0.1) is 13.2 Å². The third kappa shape index (κ3) is 4.29. The predicted octanol–water partition coefficient (Wildman–Crippen LogP) is 6.53. The fourth-order valence-electron chi connectivity index (χ4n) is 4.48. The first kappa shape index (κ1) is 19.7. The Morgan fingerprint density at radius 3 is 2.45 bits per heavy atom. The van der Waals surface area contributed by atoms with Crippen molar-refractivity contribution in [2.45, 2.75) is 44.1 Å². The number of fused-ring (bicyclic) bond motifs is 1. The van der Waals surface area contributed by atoms with Gasteiger partial charge in [0.15, 0.2) is 23.0 Å². The minimum absolute atomic E-state index is 0.103. The Morgan fingerprint density at radius 2 is 1.68 bits per heavy atom. The van der Waals surface area contributed by atoms with E-state index in [0.29, 0.717) is 6.42 Å². The molecule has 1 atom stereocenters. The van der Waals surface area contributed by atoms with Gasteiger partial charge < -0.3 is 13.9 Å². The molecule has 4 heteroatoms. The zero-order chi connectivity index (χ0) is 21.0. The van der Waals surface area contributed by atoms with Crippen LogP contribution in [-0.2, 0) is 6.42 Å². The number of ether oxygens (including phenoxy) is 2. The summed E-state index contributed by atoms with van der Waals surface area (Å²) in [6.07, 6.45) is 5.63. The summed E-state index contributed by atoms with van der Waals surface area (Å²) in [5.41, 5.74) is 4.11. The van der Waals surface area contributed by atoms with Crippen molar-refractivity contribution in [1.29, 1.82) is 0 Å². The van der Waals surface area contributed by atoms with Crippen LogP contribution in [0.3, 0.4) is 0 Å². The molecule has 0 aliphatic heterocycles. The van der Waals surface area contributed by atoms with Gasteiger partial charge >= 0.3 is 0 Å². The molecule has 1 saturated carbocycles. The van der Waals surface area contributed by atoms with Crippen LogP contribution >= 0.6 is 0 Å². The maximum atomic E-state index is 6.36. The van der Waals surface area contributed by atoms with E-state index in [1.807, 2.05) is 36.4 Å². The van der Waals surface area contributed by atoms with Gasteiger partial charge in [0.1, 0.15) is 5.52 Å². The molecule has 4 aromatic rings. The van der Waals surface area contributed by atoms with Crippen LogP contribution in [-0.4, -0.2) is 18.2 Å². The minimum atomic E-state index is 0.103. The van der Waals surface area contributed by atoms with Crippen molar-refractivity contribution in [1.82, 2.24) is 4.98 Å². The zero-order valence-corrected chi connectivity index (χ0v) is 17.8. The van der Waals surface area contributed by atoms with E-state index in [1.165, 1.54) is 24.0 Å². The van der Waals surface area contributed by atoms with E-state index in [-0.39, 0.29) is 12.0 Å². The van der Waals surface area contributed by atoms with Crippen LogP contribution in [0.25, 0.3) is 11.1 Å². The quantitative estimate of drug-likeness (QED) is 0.345. The summed E-state index contributed by atoms with van der Waals surface area (Å²) in [5.74, 6) is 2.45. The second-order valence-electron chi connectivity index (χ2n) is 8.18. The van der Waals surface area contributed by atoms with Crippen LogP contribution in [0, 0.1) is 0 Å². The van der Waals surface area contributed by atoms with Gasteiger partial charge in [-0.05, 0) is 61.1 Å². The SMILES string of the molecule is COc1ccc(C(Cc2nc3ccccc3o2)c2ccccc2)cc1OC1CCCC1. The molecule has 158 valence electrons. The van der Waals surface area contributed by atoms with E-state index < -0.39 is 0 Å². The molecule has 0 bridgehead atoms. The Bertz CT molecular complexity index is 1110. The highest BCUT2D eigenvalue weighted by atomic mass is 16.5. The molecule has 1 aromatic heterocycles. The number of hydrogen-bond donors (Lipinski definition) is 0. The molecule has 0 N–H and O–H groups in total. The lowest BCUT2D eigenvalue weighted by Crippen LogP contribution is -2.12. The maximum Gasteiger partial charge on any atom is 0.196 e. The highest BCUT2D eigenvalue weighted by Crippen LogP contribution is 2.37. The summed E-state index contributed by atoms with van der Waals surface area (Å²) in [6, 6.07) is 24.7. The minimum Gasteiger partial charge on any atom is -0.493 e. The largest absolute Gasteiger partial charge is 0.493 e. The van der Waals surface area contributed by atoms with Crippen LogP contribution in [0.15, 0.2) is 77.2 Å². The molecule has 0 amide bonds. The topological polar surface area (TPSA) is 44.5 Å². The summed E-state index contributed by atoms with van der Waals surface area (Å²) in [7, 11) is 1.70. The molecule has 1 unspecified atom stereocenters. The van der Waals surface area contributed by atoms with Crippen LogP contribution in [0.2, 0.25) is 0 Å². The van der Waals surface area contributed by atoms with Crippen molar-refractivity contribution in [2.24, 2.45) is 0 Å². The van der Waals surface area contributed by atoms with Gasteiger partial charge in [-0.2, -0.15) is 0 Å². The molecule has 0 saturated heterocycles. The van der Waals surface area contributed by atoms with E-state index in [1.54, 1.807) is 7.11 Å². The number of aromatic nitrogens is 1. The highest BCUT2D eigenvalue weighted by molar-refractivity contribution is 5.72. The molecule has 1 fully saturated rings. The third-order valence-electron chi connectivity index (χ3n) is 6.10. The van der Waals surface area contributed by atoms with Gasteiger partial charge in [-0.3, -0.25) is 0 Å². The van der Waals surface area contributed by atoms with Gasteiger partial charge in [-0.25, -0.2) is 4.98 Å². The van der Waals surface area contributed by atoms with E-state index >= 15 is 0 Å². The molecular weight excluding hydrogens is 386 g/mol. The predicted molar refractivity (Wildman–Crippen MR) is 122 cm³/mol. The molecule has 1 aliphatic carbocycles. The van der Waals surface area contributed by atoms with Crippen LogP contribution in [0.4, 0.5) is 0 Å². The lowest BCUT2D eigenvalue weighted by atomic mass is 9.88. The summed E-state index contributed by atoms with van der Waals surface area (Å²) in [5, 5.41) is 0. The summed E-state index contributed by atoms with van der Waals surface area (Å²) in [6.45, 7) is 0. The van der Waals surface area contributed by atoms with Crippen molar-refractivity contribution in [3.05, 3.63) is 89.8 Å². The average Bonchev–Trinajstić information content (AvgIpc) is 3.47. The van der Waals surface area contributed by atoms with E-state index in [2.05, 4.69) is 36.4 Å². The van der Waals surface area contributed by atoms with E-state index in [4.69, 9.17) is 18.9 Å². The highest BCUT2D eigenvalue weighted by Gasteiger charge is 2.22. The van der Waals surface area contributed by atoms with Crippen molar-refractivity contribution in [3.63, 3.8) is 0 Å². The average molecular weight is 414 g/mol. The molecule has 1 heterocycles. The van der Waals surface area contributed by atoms with Gasteiger partial charge in [-0.15, -0.1) is 0 Å². The maximum absolute atomic E-state index is 6.36. The van der Waals surface area contributed by atoms with Gasteiger partial charge in [-0.1, -0.05) is 48.5 Å². The Balaban J connectivity index is 1.51. The molecule has 0 spiro atoms. The Hall–Kier alpha value is -3.27. The monoisotopic (exact) mass is 413 g/mol. The lowest BCUT2D eigenvalue weighted by Gasteiger charge is -2.21. The number of benzene rings is 3. The summed E-state index contributed by atoms with van der Waals surface area (Å²) >= 11 is 0. The van der Waals surface area contributed by atoms with Crippen molar-refractivity contribution in [3.8, 4) is 11.5 Å². The fraction of sp³-hybridized carbons (Fsp3) is 0.296. The Morgan fingerprint density at radius 1 is 0.903 bits per heavy atom. The first-order valence-electron chi connectivity index (χ1n) is 11.0. The zero-order valence-electron chi connectivity index (χ0n) is 17.8. The second kappa shape index (κ2) is 8.84. The van der Waals surface area contributed by atoms with E-state index in [9.17, 15) is 0 Å². The fourth-order valence-corrected chi connectivity index (χ4v) is 4.48. The van der Waals surface area contributed by atoms with E-state index in [0.717, 1.165) is 41.3 Å². The molecule has 0 radical (unpaired) electrons. The number of hydrogen-bond acceptors (Lipinski definition) is 4. The number of methoxy groups -OCH3 is 1. The number of rotatable bonds is 7. The third-order valence-corrected chi connectivity index (χ3v) is 6.10. The lowest BCUT2D eigenvalue weighted by molar-refractivity contribution is 0.200. The van der Waals surface area contributed by atoms with Crippen LogP contribution in [0.5, 0.6) is 11.5 Å². The number of para-hydroxylation sites is 2. The normalized spacial score (nSPS) is 15.3. The van der Waals surface area contributed by atoms with Crippen LogP contribution < -0.4 is 9.47 Å².